The van der Waals surface area contributed by atoms with E-state index in [4.69, 9.17) is 28.3 Å². The van der Waals surface area contributed by atoms with Crippen LogP contribution in [0.4, 0.5) is 0 Å². The van der Waals surface area contributed by atoms with Gasteiger partial charge in [-0.3, -0.25) is 0 Å². The Morgan fingerprint density at radius 1 is 1.41 bits per heavy atom. The summed E-state index contributed by atoms with van der Waals surface area (Å²) in [6.45, 7) is 3.46. The van der Waals surface area contributed by atoms with Crippen LogP contribution in [0.15, 0.2) is 18.2 Å². The van der Waals surface area contributed by atoms with E-state index in [0.29, 0.717) is 10.0 Å². The monoisotopic (exact) mass is 277 g/mol. The van der Waals surface area contributed by atoms with Crippen LogP contribution in [0.1, 0.15) is 25.5 Å². The molecule has 0 heterocycles. The first-order valence-corrected chi connectivity index (χ1v) is 6.13. The van der Waals surface area contributed by atoms with Gasteiger partial charge < -0.3 is 15.5 Å². The van der Waals surface area contributed by atoms with E-state index in [1.54, 1.807) is 25.1 Å². The van der Waals surface area contributed by atoms with Gasteiger partial charge in [-0.2, -0.15) is 0 Å². The second-order valence-corrected chi connectivity index (χ2v) is 5.27. The quantitative estimate of drug-likeness (QED) is 0.775. The zero-order chi connectivity index (χ0) is 13.1. The van der Waals surface area contributed by atoms with Crippen molar-refractivity contribution in [2.24, 2.45) is 0 Å². The van der Waals surface area contributed by atoms with Crippen molar-refractivity contribution in [3.63, 3.8) is 0 Å². The molecule has 0 saturated heterocycles. The molecule has 0 bridgehead atoms. The van der Waals surface area contributed by atoms with E-state index in [2.05, 4.69) is 5.32 Å². The maximum Gasteiger partial charge on any atom is 0.0973 e. The van der Waals surface area contributed by atoms with Gasteiger partial charge in [-0.1, -0.05) is 23.2 Å². The first kappa shape index (κ1) is 14.7. The Kier molecular flexibility index (Phi) is 5.22. The lowest BCUT2D eigenvalue weighted by molar-refractivity contribution is 0.00106. The minimum absolute atomic E-state index is 0.0563. The summed E-state index contributed by atoms with van der Waals surface area (Å²) in [6, 6.07) is 5.19. The molecule has 3 nitrogen and oxygen atoms in total. The Morgan fingerprint density at radius 3 is 2.65 bits per heavy atom. The van der Waals surface area contributed by atoms with Crippen molar-refractivity contribution >= 4 is 23.2 Å². The highest BCUT2D eigenvalue weighted by atomic mass is 35.5. The zero-order valence-corrected chi connectivity index (χ0v) is 11.4. The number of aliphatic hydroxyl groups is 2. The summed E-state index contributed by atoms with van der Waals surface area (Å²) >= 11 is 12.0. The Balaban J connectivity index is 2.70. The van der Waals surface area contributed by atoms with Crippen LogP contribution in [-0.4, -0.2) is 29.0 Å². The van der Waals surface area contributed by atoms with Crippen LogP contribution in [-0.2, 0) is 0 Å². The number of hydrogen-bond acceptors (Lipinski definition) is 3. The van der Waals surface area contributed by atoms with Gasteiger partial charge in [0.05, 0.1) is 12.2 Å². The summed E-state index contributed by atoms with van der Waals surface area (Å²) < 4.78 is 0. The molecule has 3 N–H and O–H groups in total. The highest BCUT2D eigenvalue weighted by molar-refractivity contribution is 6.33. The van der Waals surface area contributed by atoms with E-state index in [0.717, 1.165) is 5.56 Å². The first-order chi connectivity index (χ1) is 7.85. The Hall–Kier alpha value is -0.320. The number of rotatable bonds is 5. The number of benzene rings is 1. The van der Waals surface area contributed by atoms with Gasteiger partial charge in [0.25, 0.3) is 0 Å². The Bertz CT molecular complexity index is 383. The fraction of sp³-hybridized carbons (Fsp3) is 0.500. The summed E-state index contributed by atoms with van der Waals surface area (Å²) in [7, 11) is 0. The topological polar surface area (TPSA) is 52.5 Å². The fourth-order valence-electron chi connectivity index (χ4n) is 1.39. The molecule has 96 valence electrons. The van der Waals surface area contributed by atoms with Crippen LogP contribution in [0.3, 0.4) is 0 Å². The third-order valence-electron chi connectivity index (χ3n) is 2.55. The molecule has 0 spiro atoms. The molecule has 0 aliphatic rings. The van der Waals surface area contributed by atoms with Gasteiger partial charge in [-0.15, -0.1) is 0 Å². The van der Waals surface area contributed by atoms with Gasteiger partial charge in [0.15, 0.2) is 0 Å². The van der Waals surface area contributed by atoms with Crippen LogP contribution in [0.2, 0.25) is 10.0 Å². The summed E-state index contributed by atoms with van der Waals surface area (Å²) in [5, 5.41) is 23.0. The predicted octanol–water partition coefficient (Wildman–Crippen LogP) is 2.39. The highest BCUT2D eigenvalue weighted by Gasteiger charge is 2.20. The molecule has 1 rings (SSSR count). The molecule has 17 heavy (non-hydrogen) atoms. The molecule has 5 heteroatoms. The molecule has 0 amide bonds. The van der Waals surface area contributed by atoms with Crippen LogP contribution in [0, 0.1) is 0 Å². The lowest BCUT2D eigenvalue weighted by Gasteiger charge is -2.24. The van der Waals surface area contributed by atoms with Gasteiger partial charge in [0.1, 0.15) is 0 Å². The van der Waals surface area contributed by atoms with Gasteiger partial charge in [0.2, 0.25) is 0 Å². The van der Waals surface area contributed by atoms with E-state index >= 15 is 0 Å². The zero-order valence-electron chi connectivity index (χ0n) is 9.87. The minimum atomic E-state index is -1.14. The van der Waals surface area contributed by atoms with Crippen molar-refractivity contribution < 1.29 is 10.2 Å². The molecule has 0 aliphatic heterocycles. The Morgan fingerprint density at radius 2 is 2.06 bits per heavy atom. The van der Waals surface area contributed by atoms with Crippen LogP contribution < -0.4 is 5.32 Å². The van der Waals surface area contributed by atoms with Crippen LogP contribution in [0.25, 0.3) is 0 Å². The predicted molar refractivity (Wildman–Crippen MR) is 70.6 cm³/mol. The molecular weight excluding hydrogens is 261 g/mol. The lowest BCUT2D eigenvalue weighted by atomic mass is 10.1. The molecule has 0 aromatic heterocycles. The van der Waals surface area contributed by atoms with E-state index in [9.17, 15) is 5.11 Å². The molecule has 2 unspecified atom stereocenters. The number of halogens is 2. The van der Waals surface area contributed by atoms with Crippen LogP contribution in [0.5, 0.6) is 0 Å². The van der Waals surface area contributed by atoms with Gasteiger partial charge in [-0.25, -0.2) is 0 Å². The van der Waals surface area contributed by atoms with Crippen LogP contribution >= 0.6 is 23.2 Å². The summed E-state index contributed by atoms with van der Waals surface area (Å²) in [5.41, 5.74) is -0.271. The second-order valence-electron chi connectivity index (χ2n) is 4.42. The molecular formula is C12H17Cl2NO2. The fourth-order valence-corrected chi connectivity index (χ4v) is 1.85. The SMILES string of the molecule is CC(NCC(C)(O)CO)c1cc(Cl)ccc1Cl. The molecule has 1 aromatic rings. The van der Waals surface area contributed by atoms with Crippen molar-refractivity contribution in [3.8, 4) is 0 Å². The molecule has 0 aliphatic carbocycles. The maximum absolute atomic E-state index is 9.67. The van der Waals surface area contributed by atoms with Gasteiger partial charge in [0, 0.05) is 22.6 Å². The standard InChI is InChI=1S/C12H17Cl2NO2/c1-8(15-6-12(2,17)7-16)10-5-9(13)3-4-11(10)14/h3-5,8,15-17H,6-7H2,1-2H3. The van der Waals surface area contributed by atoms with E-state index < -0.39 is 5.60 Å². The summed E-state index contributed by atoms with van der Waals surface area (Å²) in [6.07, 6.45) is 0. The van der Waals surface area contributed by atoms with E-state index in [1.807, 2.05) is 6.92 Å². The average molecular weight is 278 g/mol. The summed E-state index contributed by atoms with van der Waals surface area (Å²) in [4.78, 5) is 0. The third kappa shape index (κ3) is 4.45. The van der Waals surface area contributed by atoms with Gasteiger partial charge in [-0.05, 0) is 37.6 Å². The lowest BCUT2D eigenvalue weighted by Crippen LogP contribution is -2.41. The largest absolute Gasteiger partial charge is 0.393 e. The van der Waals surface area contributed by atoms with Crippen molar-refractivity contribution in [2.45, 2.75) is 25.5 Å². The first-order valence-electron chi connectivity index (χ1n) is 5.37. The van der Waals surface area contributed by atoms with Crippen molar-refractivity contribution in [1.29, 1.82) is 0 Å². The molecule has 0 radical (unpaired) electrons. The minimum Gasteiger partial charge on any atom is -0.393 e. The number of aliphatic hydroxyl groups excluding tert-OH is 1. The molecule has 2 atom stereocenters. The molecule has 0 fully saturated rings. The number of nitrogens with one attached hydrogen (secondary N) is 1. The van der Waals surface area contributed by atoms with Crippen molar-refractivity contribution in [1.82, 2.24) is 5.32 Å². The third-order valence-corrected chi connectivity index (χ3v) is 3.13. The van der Waals surface area contributed by atoms with E-state index in [1.165, 1.54) is 0 Å². The van der Waals surface area contributed by atoms with Gasteiger partial charge >= 0.3 is 0 Å². The number of hydrogen-bond donors (Lipinski definition) is 3. The van der Waals surface area contributed by atoms with E-state index in [-0.39, 0.29) is 19.2 Å². The van der Waals surface area contributed by atoms with Crippen molar-refractivity contribution in [3.05, 3.63) is 33.8 Å². The maximum atomic E-state index is 9.67. The second kappa shape index (κ2) is 6.03. The smallest absolute Gasteiger partial charge is 0.0973 e. The average Bonchev–Trinajstić information content (AvgIpc) is 2.29. The molecule has 0 saturated carbocycles. The van der Waals surface area contributed by atoms with Crippen molar-refractivity contribution in [2.75, 3.05) is 13.2 Å². The summed E-state index contributed by atoms with van der Waals surface area (Å²) in [5.74, 6) is 0. The Labute approximate surface area is 111 Å². The highest BCUT2D eigenvalue weighted by Crippen LogP contribution is 2.26. The normalized spacial score (nSPS) is 16.6. The molecule has 1 aromatic carbocycles.